The van der Waals surface area contributed by atoms with Gasteiger partial charge in [0.05, 0.1) is 6.61 Å². The smallest absolute Gasteiger partial charge is 0.226 e. The first-order valence-corrected chi connectivity index (χ1v) is 7.28. The molecule has 3 N–H and O–H groups in total. The number of amides is 1. The van der Waals surface area contributed by atoms with Crippen LogP contribution in [0.15, 0.2) is 24.3 Å². The van der Waals surface area contributed by atoms with Crippen molar-refractivity contribution in [2.75, 3.05) is 11.9 Å². The van der Waals surface area contributed by atoms with Gasteiger partial charge in [0.25, 0.3) is 0 Å². The normalized spacial score (nSPS) is 16.6. The summed E-state index contributed by atoms with van der Waals surface area (Å²) in [7, 11) is 0. The molecular formula is C16H24N2O2. The highest BCUT2D eigenvalue weighted by Crippen LogP contribution is 2.32. The summed E-state index contributed by atoms with van der Waals surface area (Å²) in [5.74, 6) is 1.24. The van der Waals surface area contributed by atoms with Crippen LogP contribution in [0.2, 0.25) is 0 Å². The fourth-order valence-corrected chi connectivity index (χ4v) is 2.26. The van der Waals surface area contributed by atoms with Crippen LogP contribution in [0.3, 0.4) is 0 Å². The fraction of sp³-hybridized carbons (Fsp3) is 0.562. The highest BCUT2D eigenvalue weighted by molar-refractivity contribution is 5.91. The summed E-state index contributed by atoms with van der Waals surface area (Å²) in [5.41, 5.74) is 6.56. The van der Waals surface area contributed by atoms with Gasteiger partial charge in [0.15, 0.2) is 0 Å². The van der Waals surface area contributed by atoms with E-state index < -0.39 is 0 Å². The Hall–Kier alpha value is -1.55. The Morgan fingerprint density at radius 3 is 2.80 bits per heavy atom. The van der Waals surface area contributed by atoms with Gasteiger partial charge in [-0.25, -0.2) is 0 Å². The van der Waals surface area contributed by atoms with E-state index in [1.54, 1.807) is 0 Å². The van der Waals surface area contributed by atoms with Crippen molar-refractivity contribution in [2.24, 2.45) is 11.7 Å². The van der Waals surface area contributed by atoms with Gasteiger partial charge in [0.2, 0.25) is 5.91 Å². The van der Waals surface area contributed by atoms with Crippen molar-refractivity contribution >= 4 is 11.6 Å². The number of benzene rings is 1. The van der Waals surface area contributed by atoms with Gasteiger partial charge in [-0.15, -0.1) is 0 Å². The van der Waals surface area contributed by atoms with E-state index >= 15 is 0 Å². The van der Waals surface area contributed by atoms with Gasteiger partial charge < -0.3 is 15.8 Å². The van der Waals surface area contributed by atoms with Crippen LogP contribution in [-0.4, -0.2) is 18.1 Å². The maximum atomic E-state index is 12.0. The third-order valence-corrected chi connectivity index (χ3v) is 3.56. The second kappa shape index (κ2) is 6.27. The molecule has 0 radical (unpaired) electrons. The molecule has 0 bridgehead atoms. The molecule has 0 atom stereocenters. The Balaban J connectivity index is 1.88. The van der Waals surface area contributed by atoms with Crippen LogP contribution in [0, 0.1) is 5.92 Å². The maximum Gasteiger partial charge on any atom is 0.226 e. The van der Waals surface area contributed by atoms with Crippen LogP contribution in [0.5, 0.6) is 5.75 Å². The molecule has 1 aliphatic carbocycles. The molecule has 0 aliphatic heterocycles. The van der Waals surface area contributed by atoms with E-state index in [1.165, 1.54) is 0 Å². The van der Waals surface area contributed by atoms with E-state index in [0.717, 1.165) is 30.7 Å². The zero-order valence-electron chi connectivity index (χ0n) is 12.3. The molecular weight excluding hydrogens is 252 g/mol. The molecule has 1 aromatic rings. The molecule has 2 rings (SSSR count). The van der Waals surface area contributed by atoms with E-state index in [1.807, 2.05) is 24.3 Å². The lowest BCUT2D eigenvalue weighted by atomic mass is 9.75. The molecule has 0 saturated heterocycles. The van der Waals surface area contributed by atoms with Crippen molar-refractivity contribution < 1.29 is 9.53 Å². The second-order valence-electron chi connectivity index (χ2n) is 6.17. The lowest BCUT2D eigenvalue weighted by Gasteiger charge is -2.37. The Morgan fingerprint density at radius 1 is 1.45 bits per heavy atom. The zero-order valence-corrected chi connectivity index (χ0v) is 12.3. The van der Waals surface area contributed by atoms with Crippen molar-refractivity contribution in [3.05, 3.63) is 24.3 Å². The molecule has 1 aliphatic rings. The first kappa shape index (κ1) is 14.9. The molecule has 1 fully saturated rings. The third-order valence-electron chi connectivity index (χ3n) is 3.56. The molecule has 1 aromatic carbocycles. The molecule has 0 heterocycles. The standard InChI is InChI=1S/C16H24N2O2/c1-12(2)11-20-14-6-3-5-13(9-14)18-15(19)10-16(17)7-4-8-16/h3,5-6,9,12H,4,7-8,10-11,17H2,1-2H3,(H,18,19). The molecule has 0 spiro atoms. The Kier molecular flexibility index (Phi) is 4.65. The first-order valence-electron chi connectivity index (χ1n) is 7.28. The van der Waals surface area contributed by atoms with Gasteiger partial charge in [-0.1, -0.05) is 19.9 Å². The predicted octanol–water partition coefficient (Wildman–Crippen LogP) is 2.93. The number of anilines is 1. The summed E-state index contributed by atoms with van der Waals surface area (Å²) < 4.78 is 5.65. The van der Waals surface area contributed by atoms with E-state index in [9.17, 15) is 4.79 Å². The molecule has 4 heteroatoms. The number of nitrogens with one attached hydrogen (secondary N) is 1. The van der Waals surface area contributed by atoms with Gasteiger partial charge in [0, 0.05) is 23.7 Å². The lowest BCUT2D eigenvalue weighted by Crippen LogP contribution is -2.48. The number of carbonyl (C=O) groups is 1. The minimum Gasteiger partial charge on any atom is -0.493 e. The summed E-state index contributed by atoms with van der Waals surface area (Å²) in [4.78, 5) is 12.0. The van der Waals surface area contributed by atoms with Crippen LogP contribution < -0.4 is 15.8 Å². The van der Waals surface area contributed by atoms with Crippen LogP contribution >= 0.6 is 0 Å². The Labute approximate surface area is 120 Å². The van der Waals surface area contributed by atoms with Crippen molar-refractivity contribution in [1.82, 2.24) is 0 Å². The monoisotopic (exact) mass is 276 g/mol. The Morgan fingerprint density at radius 2 is 2.20 bits per heavy atom. The fourth-order valence-electron chi connectivity index (χ4n) is 2.26. The van der Waals surface area contributed by atoms with E-state index in [4.69, 9.17) is 10.5 Å². The topological polar surface area (TPSA) is 64.3 Å². The highest BCUT2D eigenvalue weighted by atomic mass is 16.5. The molecule has 110 valence electrons. The average molecular weight is 276 g/mol. The molecule has 1 amide bonds. The van der Waals surface area contributed by atoms with Crippen molar-refractivity contribution in [1.29, 1.82) is 0 Å². The average Bonchev–Trinajstić information content (AvgIpc) is 2.35. The lowest BCUT2D eigenvalue weighted by molar-refractivity contribution is -0.118. The number of ether oxygens (including phenoxy) is 1. The third kappa shape index (κ3) is 4.23. The summed E-state index contributed by atoms with van der Waals surface area (Å²) in [6.45, 7) is 4.87. The predicted molar refractivity (Wildman–Crippen MR) is 80.8 cm³/mol. The van der Waals surface area contributed by atoms with Crippen molar-refractivity contribution in [2.45, 2.75) is 45.1 Å². The maximum absolute atomic E-state index is 12.0. The summed E-state index contributed by atoms with van der Waals surface area (Å²) >= 11 is 0. The van der Waals surface area contributed by atoms with Crippen LogP contribution in [0.1, 0.15) is 39.5 Å². The number of nitrogens with two attached hydrogens (primary N) is 1. The van der Waals surface area contributed by atoms with Crippen LogP contribution in [0.25, 0.3) is 0 Å². The highest BCUT2D eigenvalue weighted by Gasteiger charge is 2.34. The van der Waals surface area contributed by atoms with E-state index in [2.05, 4.69) is 19.2 Å². The molecule has 20 heavy (non-hydrogen) atoms. The zero-order chi connectivity index (χ0) is 14.6. The second-order valence-corrected chi connectivity index (χ2v) is 6.17. The summed E-state index contributed by atoms with van der Waals surface area (Å²) in [5, 5.41) is 2.90. The molecule has 4 nitrogen and oxygen atoms in total. The van der Waals surface area contributed by atoms with Crippen LogP contribution in [0.4, 0.5) is 5.69 Å². The van der Waals surface area contributed by atoms with E-state index in [-0.39, 0.29) is 11.4 Å². The number of carbonyl (C=O) groups excluding carboxylic acids is 1. The number of rotatable bonds is 6. The van der Waals surface area contributed by atoms with Crippen molar-refractivity contribution in [3.8, 4) is 5.75 Å². The first-order chi connectivity index (χ1) is 9.47. The molecule has 0 aromatic heterocycles. The minimum atomic E-state index is -0.282. The van der Waals surface area contributed by atoms with Gasteiger partial charge >= 0.3 is 0 Å². The largest absolute Gasteiger partial charge is 0.493 e. The quantitative estimate of drug-likeness (QED) is 0.839. The van der Waals surface area contributed by atoms with Crippen molar-refractivity contribution in [3.63, 3.8) is 0 Å². The van der Waals surface area contributed by atoms with Crippen LogP contribution in [-0.2, 0) is 4.79 Å². The van der Waals surface area contributed by atoms with Gasteiger partial charge in [-0.2, -0.15) is 0 Å². The van der Waals surface area contributed by atoms with Gasteiger partial charge in [-0.3, -0.25) is 4.79 Å². The minimum absolute atomic E-state index is 0.0202. The summed E-state index contributed by atoms with van der Waals surface area (Å²) in [6, 6.07) is 7.50. The van der Waals surface area contributed by atoms with Gasteiger partial charge in [0.1, 0.15) is 5.75 Å². The molecule has 1 saturated carbocycles. The number of hydrogen-bond acceptors (Lipinski definition) is 3. The SMILES string of the molecule is CC(C)COc1cccc(NC(=O)CC2(N)CCC2)c1. The van der Waals surface area contributed by atoms with Gasteiger partial charge in [-0.05, 0) is 37.3 Å². The summed E-state index contributed by atoms with van der Waals surface area (Å²) in [6.07, 6.45) is 3.41. The molecule has 0 unspecified atom stereocenters. The Bertz CT molecular complexity index is 467. The van der Waals surface area contributed by atoms with E-state index in [0.29, 0.717) is 18.9 Å². The number of hydrogen-bond donors (Lipinski definition) is 2.